The molecule has 2 aromatic heterocycles. The fraction of sp³-hybridized carbons (Fsp3) is 0.0870. The van der Waals surface area contributed by atoms with Crippen molar-refractivity contribution in [3.63, 3.8) is 0 Å². The number of pyridine rings is 1. The summed E-state index contributed by atoms with van der Waals surface area (Å²) in [5, 5.41) is 2.40. The second kappa shape index (κ2) is 7.99. The maximum atomic E-state index is 13.8. The van der Waals surface area contributed by atoms with Crippen LogP contribution in [0.5, 0.6) is 5.75 Å². The maximum absolute atomic E-state index is 13.8. The molecule has 32 heavy (non-hydrogen) atoms. The second-order valence-corrected chi connectivity index (χ2v) is 6.90. The lowest BCUT2D eigenvalue weighted by molar-refractivity contribution is -0.137. The fourth-order valence-electron chi connectivity index (χ4n) is 3.37. The van der Waals surface area contributed by atoms with Crippen molar-refractivity contribution in [2.24, 2.45) is 0 Å². The number of ether oxygens (including phenoxy) is 1. The summed E-state index contributed by atoms with van der Waals surface area (Å²) in [7, 11) is 1.41. The van der Waals surface area contributed by atoms with Crippen LogP contribution in [-0.2, 0) is 6.18 Å². The third-order valence-corrected chi connectivity index (χ3v) is 4.89. The van der Waals surface area contributed by atoms with Crippen LogP contribution in [0.2, 0.25) is 0 Å². The summed E-state index contributed by atoms with van der Waals surface area (Å²) >= 11 is 0. The van der Waals surface area contributed by atoms with Crippen LogP contribution in [0, 0.1) is 11.6 Å². The molecule has 0 unspecified atom stereocenters. The Balaban J connectivity index is 1.71. The summed E-state index contributed by atoms with van der Waals surface area (Å²) in [6.07, 6.45) is -3.15. The monoisotopic (exact) mass is 446 g/mol. The Labute approximate surface area is 178 Å². The van der Waals surface area contributed by atoms with E-state index in [-0.39, 0.29) is 16.9 Å². The molecule has 0 radical (unpaired) electrons. The number of amides is 1. The summed E-state index contributed by atoms with van der Waals surface area (Å²) in [5.41, 5.74) is -0.648. The third kappa shape index (κ3) is 3.89. The van der Waals surface area contributed by atoms with E-state index in [1.165, 1.54) is 54.1 Å². The van der Waals surface area contributed by atoms with Crippen molar-refractivity contribution in [3.05, 3.63) is 89.6 Å². The zero-order valence-corrected chi connectivity index (χ0v) is 16.5. The Morgan fingerprint density at radius 2 is 1.72 bits per heavy atom. The van der Waals surface area contributed by atoms with Gasteiger partial charge in [-0.3, -0.25) is 4.79 Å². The Morgan fingerprint density at radius 1 is 1.00 bits per heavy atom. The normalized spacial score (nSPS) is 11.6. The highest BCUT2D eigenvalue weighted by Gasteiger charge is 2.36. The number of rotatable bonds is 4. The second-order valence-electron chi connectivity index (χ2n) is 6.90. The largest absolute Gasteiger partial charge is 0.495 e. The van der Waals surface area contributed by atoms with Gasteiger partial charge in [-0.05, 0) is 48.0 Å². The standard InChI is InChI=1S/C23H15F5N2O2/c1-32-16-10-9-15-11-18(23(26,27)28)21(30(15)12-16)13-5-7-14(8-6-13)29-22(31)17-3-2-4-19(24)20(17)25/h2-12H,1H3,(H,29,31). The molecule has 0 aliphatic carbocycles. The minimum atomic E-state index is -4.60. The number of carbonyl (C=O) groups excluding carboxylic acids is 1. The van der Waals surface area contributed by atoms with Crippen LogP contribution in [0.1, 0.15) is 15.9 Å². The van der Waals surface area contributed by atoms with Crippen LogP contribution >= 0.6 is 0 Å². The molecule has 4 rings (SSSR count). The molecule has 4 nitrogen and oxygen atoms in total. The molecule has 9 heteroatoms. The van der Waals surface area contributed by atoms with Gasteiger partial charge in [0.15, 0.2) is 11.6 Å². The summed E-state index contributed by atoms with van der Waals surface area (Å²) < 4.78 is 74.7. The van der Waals surface area contributed by atoms with Gasteiger partial charge in [0.2, 0.25) is 0 Å². The molecule has 0 fully saturated rings. The van der Waals surface area contributed by atoms with E-state index < -0.39 is 34.8 Å². The van der Waals surface area contributed by atoms with Crippen molar-refractivity contribution < 1.29 is 31.5 Å². The highest BCUT2D eigenvalue weighted by molar-refractivity contribution is 6.04. The number of fused-ring (bicyclic) bond motifs is 1. The van der Waals surface area contributed by atoms with Gasteiger partial charge in [-0.25, -0.2) is 8.78 Å². The van der Waals surface area contributed by atoms with Crippen LogP contribution in [0.3, 0.4) is 0 Å². The van der Waals surface area contributed by atoms with Gasteiger partial charge >= 0.3 is 6.18 Å². The van der Waals surface area contributed by atoms with E-state index in [0.29, 0.717) is 11.3 Å². The van der Waals surface area contributed by atoms with E-state index >= 15 is 0 Å². The molecule has 1 N–H and O–H groups in total. The van der Waals surface area contributed by atoms with E-state index in [9.17, 15) is 26.7 Å². The van der Waals surface area contributed by atoms with Crippen molar-refractivity contribution in [2.75, 3.05) is 12.4 Å². The molecule has 0 saturated carbocycles. The van der Waals surface area contributed by atoms with Gasteiger partial charge in [0.1, 0.15) is 5.75 Å². The number of nitrogens with zero attached hydrogens (tertiary/aromatic N) is 1. The first kappa shape index (κ1) is 21.4. The topological polar surface area (TPSA) is 42.7 Å². The Morgan fingerprint density at radius 3 is 2.38 bits per heavy atom. The average Bonchev–Trinajstić information content (AvgIpc) is 3.15. The van der Waals surface area contributed by atoms with E-state index in [0.717, 1.165) is 18.2 Å². The molecular weight excluding hydrogens is 431 g/mol. The highest BCUT2D eigenvalue weighted by atomic mass is 19.4. The zero-order chi connectivity index (χ0) is 23.0. The number of hydrogen-bond donors (Lipinski definition) is 1. The van der Waals surface area contributed by atoms with Gasteiger partial charge in [0.25, 0.3) is 5.91 Å². The number of methoxy groups -OCH3 is 1. The SMILES string of the molecule is COc1ccc2cc(C(F)(F)F)c(-c3ccc(NC(=O)c4cccc(F)c4F)cc3)n2c1. The lowest BCUT2D eigenvalue weighted by atomic mass is 10.1. The van der Waals surface area contributed by atoms with Gasteiger partial charge in [0.05, 0.1) is 30.1 Å². The van der Waals surface area contributed by atoms with Crippen molar-refractivity contribution in [1.82, 2.24) is 4.40 Å². The first-order valence-corrected chi connectivity index (χ1v) is 9.31. The molecule has 0 aliphatic heterocycles. The number of halogens is 5. The number of aromatic nitrogens is 1. The van der Waals surface area contributed by atoms with Gasteiger partial charge in [0, 0.05) is 11.2 Å². The number of nitrogens with one attached hydrogen (secondary N) is 1. The Bertz CT molecular complexity index is 1310. The molecule has 164 valence electrons. The number of alkyl halides is 3. The van der Waals surface area contributed by atoms with Crippen LogP contribution in [-0.4, -0.2) is 17.4 Å². The smallest absolute Gasteiger partial charge is 0.418 e. The summed E-state index contributed by atoms with van der Waals surface area (Å²) in [4.78, 5) is 12.2. The minimum Gasteiger partial charge on any atom is -0.495 e. The molecule has 0 atom stereocenters. The van der Waals surface area contributed by atoms with Crippen LogP contribution in [0.4, 0.5) is 27.6 Å². The van der Waals surface area contributed by atoms with Gasteiger partial charge in [-0.1, -0.05) is 18.2 Å². The van der Waals surface area contributed by atoms with Gasteiger partial charge in [-0.2, -0.15) is 13.2 Å². The first-order valence-electron chi connectivity index (χ1n) is 9.31. The fourth-order valence-corrected chi connectivity index (χ4v) is 3.37. The summed E-state index contributed by atoms with van der Waals surface area (Å²) in [6, 6.07) is 12.9. The third-order valence-electron chi connectivity index (χ3n) is 4.89. The zero-order valence-electron chi connectivity index (χ0n) is 16.5. The maximum Gasteiger partial charge on any atom is 0.418 e. The van der Waals surface area contributed by atoms with Crippen molar-refractivity contribution >= 4 is 17.1 Å². The molecule has 1 amide bonds. The molecule has 0 aliphatic rings. The van der Waals surface area contributed by atoms with Crippen molar-refractivity contribution in [1.29, 1.82) is 0 Å². The number of hydrogen-bond acceptors (Lipinski definition) is 2. The van der Waals surface area contributed by atoms with E-state index in [1.54, 1.807) is 6.07 Å². The molecule has 4 aromatic rings. The predicted molar refractivity (Wildman–Crippen MR) is 109 cm³/mol. The number of anilines is 1. The molecule has 2 heterocycles. The van der Waals surface area contributed by atoms with E-state index in [4.69, 9.17) is 4.74 Å². The average molecular weight is 446 g/mol. The van der Waals surface area contributed by atoms with E-state index in [2.05, 4.69) is 5.32 Å². The molecular formula is C23H15F5N2O2. The van der Waals surface area contributed by atoms with Gasteiger partial charge < -0.3 is 14.5 Å². The predicted octanol–water partition coefficient (Wildman–Crippen LogP) is 6.16. The molecule has 0 spiro atoms. The summed E-state index contributed by atoms with van der Waals surface area (Å²) in [6.45, 7) is 0. The van der Waals surface area contributed by atoms with Crippen LogP contribution in [0.15, 0.2) is 66.9 Å². The van der Waals surface area contributed by atoms with E-state index in [1.807, 2.05) is 0 Å². The number of carbonyl (C=O) groups is 1. The van der Waals surface area contributed by atoms with Crippen LogP contribution < -0.4 is 10.1 Å². The van der Waals surface area contributed by atoms with Gasteiger partial charge in [-0.15, -0.1) is 0 Å². The van der Waals surface area contributed by atoms with Crippen molar-refractivity contribution in [3.8, 4) is 17.0 Å². The Kier molecular flexibility index (Phi) is 5.33. The Hall–Kier alpha value is -3.88. The lowest BCUT2D eigenvalue weighted by Gasteiger charge is -2.12. The highest BCUT2D eigenvalue weighted by Crippen LogP contribution is 2.40. The number of benzene rings is 2. The molecule has 0 saturated heterocycles. The van der Waals surface area contributed by atoms with Crippen LogP contribution in [0.25, 0.3) is 16.8 Å². The quantitative estimate of drug-likeness (QED) is 0.382. The summed E-state index contributed by atoms with van der Waals surface area (Å²) in [5.74, 6) is -2.96. The lowest BCUT2D eigenvalue weighted by Crippen LogP contribution is -2.14. The van der Waals surface area contributed by atoms with Crippen molar-refractivity contribution in [2.45, 2.75) is 6.18 Å². The minimum absolute atomic E-state index is 0.0968. The molecule has 2 aromatic carbocycles. The first-order chi connectivity index (χ1) is 15.2. The molecule has 0 bridgehead atoms.